The van der Waals surface area contributed by atoms with Gasteiger partial charge in [0.15, 0.2) is 0 Å². The maximum absolute atomic E-state index is 12.4. The Morgan fingerprint density at radius 1 is 1.15 bits per heavy atom. The molecule has 3 N–H and O–H groups in total. The van der Waals surface area contributed by atoms with E-state index in [1.165, 1.54) is 5.56 Å². The van der Waals surface area contributed by atoms with Crippen molar-refractivity contribution < 1.29 is 9.59 Å². The first-order valence-corrected chi connectivity index (χ1v) is 9.48. The Bertz CT molecular complexity index is 596. The van der Waals surface area contributed by atoms with Crippen molar-refractivity contribution in [2.75, 3.05) is 13.1 Å². The zero-order valence-corrected chi connectivity index (χ0v) is 16.0. The summed E-state index contributed by atoms with van der Waals surface area (Å²) in [6.07, 6.45) is 5.90. The van der Waals surface area contributed by atoms with E-state index in [-0.39, 0.29) is 36.3 Å². The Morgan fingerprint density at radius 2 is 1.92 bits per heavy atom. The van der Waals surface area contributed by atoms with Crippen molar-refractivity contribution in [3.63, 3.8) is 0 Å². The summed E-state index contributed by atoms with van der Waals surface area (Å²) in [5, 5.41) is 3.10. The maximum atomic E-state index is 12.4. The van der Waals surface area contributed by atoms with E-state index in [0.717, 1.165) is 38.6 Å². The fourth-order valence-corrected chi connectivity index (χ4v) is 4.00. The van der Waals surface area contributed by atoms with E-state index < -0.39 is 0 Å². The average Bonchev–Trinajstić information content (AvgIpc) is 3.23. The highest BCUT2D eigenvalue weighted by molar-refractivity contribution is 5.85. The number of rotatable bonds is 6. The second-order valence-corrected chi connectivity index (χ2v) is 7.44. The molecule has 0 bridgehead atoms. The van der Waals surface area contributed by atoms with Crippen LogP contribution in [0.2, 0.25) is 0 Å². The van der Waals surface area contributed by atoms with E-state index in [1.54, 1.807) is 0 Å². The monoisotopic (exact) mass is 379 g/mol. The van der Waals surface area contributed by atoms with Gasteiger partial charge in [-0.3, -0.25) is 9.59 Å². The lowest BCUT2D eigenvalue weighted by Crippen LogP contribution is -2.40. The van der Waals surface area contributed by atoms with Gasteiger partial charge in [-0.15, -0.1) is 12.4 Å². The predicted octanol–water partition coefficient (Wildman–Crippen LogP) is 2.28. The molecule has 0 radical (unpaired) electrons. The molecule has 5 nitrogen and oxygen atoms in total. The highest BCUT2D eigenvalue weighted by atomic mass is 35.5. The van der Waals surface area contributed by atoms with Gasteiger partial charge in [0.25, 0.3) is 0 Å². The van der Waals surface area contributed by atoms with Crippen molar-refractivity contribution in [1.82, 2.24) is 10.2 Å². The lowest BCUT2D eigenvalue weighted by molar-refractivity contribution is -0.130. The largest absolute Gasteiger partial charge is 0.352 e. The fourth-order valence-electron chi connectivity index (χ4n) is 4.00. The highest BCUT2D eigenvalue weighted by Gasteiger charge is 2.30. The van der Waals surface area contributed by atoms with Crippen LogP contribution < -0.4 is 11.1 Å². The second-order valence-electron chi connectivity index (χ2n) is 7.44. The number of hydrogen-bond donors (Lipinski definition) is 2. The number of carbonyl (C=O) groups is 2. The Labute approximate surface area is 162 Å². The Hall–Kier alpha value is -1.59. The lowest BCUT2D eigenvalue weighted by Gasteiger charge is -2.19. The van der Waals surface area contributed by atoms with Crippen LogP contribution in [0.1, 0.15) is 44.1 Å². The minimum Gasteiger partial charge on any atom is -0.352 e. The fraction of sp³-hybridized carbons (Fsp3) is 0.600. The molecule has 3 rings (SSSR count). The van der Waals surface area contributed by atoms with Crippen LogP contribution >= 0.6 is 12.4 Å². The van der Waals surface area contributed by atoms with Crippen LogP contribution in [0.5, 0.6) is 0 Å². The third-order valence-electron chi connectivity index (χ3n) is 5.54. The molecule has 2 aliphatic rings. The third-order valence-corrected chi connectivity index (χ3v) is 5.54. The summed E-state index contributed by atoms with van der Waals surface area (Å²) in [6.45, 7) is 1.37. The van der Waals surface area contributed by atoms with Crippen molar-refractivity contribution in [2.45, 2.75) is 57.0 Å². The lowest BCUT2D eigenvalue weighted by atomic mass is 9.99. The Morgan fingerprint density at radius 3 is 2.62 bits per heavy atom. The quantitative estimate of drug-likeness (QED) is 0.796. The van der Waals surface area contributed by atoms with Gasteiger partial charge in [-0.2, -0.15) is 0 Å². The maximum Gasteiger partial charge on any atom is 0.222 e. The molecular formula is C20H30ClN3O2. The SMILES string of the molecule is Cl.N[C@@H]1CCC[C@H]1CC(=O)NC1CCN(C(=O)CCc2ccccc2)C1. The number of benzene rings is 1. The summed E-state index contributed by atoms with van der Waals surface area (Å²) < 4.78 is 0. The number of carbonyl (C=O) groups excluding carboxylic acids is 2. The zero-order valence-electron chi connectivity index (χ0n) is 15.2. The van der Waals surface area contributed by atoms with Crippen molar-refractivity contribution in [2.24, 2.45) is 11.7 Å². The molecule has 2 fully saturated rings. The number of nitrogens with two attached hydrogens (primary N) is 1. The number of likely N-dealkylation sites (tertiary alicyclic amines) is 1. The molecule has 1 heterocycles. The van der Waals surface area contributed by atoms with Crippen molar-refractivity contribution in [3.8, 4) is 0 Å². The molecule has 1 aliphatic carbocycles. The predicted molar refractivity (Wildman–Crippen MR) is 105 cm³/mol. The minimum absolute atomic E-state index is 0. The summed E-state index contributed by atoms with van der Waals surface area (Å²) in [7, 11) is 0. The van der Waals surface area contributed by atoms with Gasteiger partial charge in [-0.25, -0.2) is 0 Å². The molecule has 6 heteroatoms. The first-order chi connectivity index (χ1) is 12.1. The van der Waals surface area contributed by atoms with Gasteiger partial charge < -0.3 is 16.0 Å². The second kappa shape index (κ2) is 9.93. The molecule has 144 valence electrons. The van der Waals surface area contributed by atoms with Gasteiger partial charge >= 0.3 is 0 Å². The van der Waals surface area contributed by atoms with Crippen LogP contribution in [-0.4, -0.2) is 41.9 Å². The molecule has 2 amide bonds. The van der Waals surface area contributed by atoms with E-state index in [1.807, 2.05) is 35.2 Å². The molecule has 1 saturated heterocycles. The van der Waals surface area contributed by atoms with Gasteiger partial charge in [0.2, 0.25) is 11.8 Å². The van der Waals surface area contributed by atoms with Crippen LogP contribution in [0.4, 0.5) is 0 Å². The molecule has 1 aromatic carbocycles. The third kappa shape index (κ3) is 5.71. The van der Waals surface area contributed by atoms with E-state index in [2.05, 4.69) is 5.32 Å². The average molecular weight is 380 g/mol. The van der Waals surface area contributed by atoms with Crippen LogP contribution in [0, 0.1) is 5.92 Å². The van der Waals surface area contributed by atoms with Crippen LogP contribution in [0.3, 0.4) is 0 Å². The summed E-state index contributed by atoms with van der Waals surface area (Å²) >= 11 is 0. The molecule has 1 saturated carbocycles. The van der Waals surface area contributed by atoms with Gasteiger partial charge in [-0.05, 0) is 37.2 Å². The summed E-state index contributed by atoms with van der Waals surface area (Å²) in [4.78, 5) is 26.5. The summed E-state index contributed by atoms with van der Waals surface area (Å²) in [6, 6.07) is 10.3. The number of nitrogens with zero attached hydrogens (tertiary/aromatic N) is 1. The number of nitrogens with one attached hydrogen (secondary N) is 1. The smallest absolute Gasteiger partial charge is 0.222 e. The summed E-state index contributed by atoms with van der Waals surface area (Å²) in [5.41, 5.74) is 7.23. The van der Waals surface area contributed by atoms with E-state index in [9.17, 15) is 9.59 Å². The molecule has 1 aromatic rings. The Kier molecular flexibility index (Phi) is 7.91. The molecule has 0 aromatic heterocycles. The van der Waals surface area contributed by atoms with Crippen LogP contribution in [0.25, 0.3) is 0 Å². The van der Waals surface area contributed by atoms with E-state index in [4.69, 9.17) is 5.73 Å². The van der Waals surface area contributed by atoms with E-state index >= 15 is 0 Å². The first kappa shape index (κ1) is 20.7. The molecule has 0 spiro atoms. The van der Waals surface area contributed by atoms with Crippen LogP contribution in [-0.2, 0) is 16.0 Å². The highest BCUT2D eigenvalue weighted by Crippen LogP contribution is 2.26. The van der Waals surface area contributed by atoms with Gasteiger partial charge in [0, 0.05) is 38.0 Å². The van der Waals surface area contributed by atoms with Crippen molar-refractivity contribution in [3.05, 3.63) is 35.9 Å². The van der Waals surface area contributed by atoms with E-state index in [0.29, 0.717) is 25.3 Å². The zero-order chi connectivity index (χ0) is 17.6. The van der Waals surface area contributed by atoms with Gasteiger partial charge in [-0.1, -0.05) is 36.8 Å². The summed E-state index contributed by atoms with van der Waals surface area (Å²) in [5.74, 6) is 0.592. The first-order valence-electron chi connectivity index (χ1n) is 9.48. The van der Waals surface area contributed by atoms with Gasteiger partial charge in [0.05, 0.1) is 0 Å². The molecule has 1 aliphatic heterocycles. The van der Waals surface area contributed by atoms with Crippen molar-refractivity contribution in [1.29, 1.82) is 0 Å². The van der Waals surface area contributed by atoms with Crippen molar-refractivity contribution >= 4 is 24.2 Å². The number of hydrogen-bond acceptors (Lipinski definition) is 3. The molecule has 1 unspecified atom stereocenters. The van der Waals surface area contributed by atoms with Crippen LogP contribution in [0.15, 0.2) is 30.3 Å². The Balaban J connectivity index is 0.00000243. The molecule has 3 atom stereocenters. The number of aryl methyl sites for hydroxylation is 1. The minimum atomic E-state index is 0. The van der Waals surface area contributed by atoms with Gasteiger partial charge in [0.1, 0.15) is 0 Å². The molecular weight excluding hydrogens is 350 g/mol. The standard InChI is InChI=1S/C20H29N3O2.ClH/c21-18-8-4-7-16(18)13-19(24)22-17-11-12-23(14-17)20(25)10-9-15-5-2-1-3-6-15;/h1-3,5-6,16-18H,4,7-14,21H2,(H,22,24);1H/t16-,17?,18+;/m0./s1. The normalized spacial score (nSPS) is 25.0. The number of amides is 2. The topological polar surface area (TPSA) is 75.4 Å². The molecule has 26 heavy (non-hydrogen) atoms. The number of halogens is 1.